The van der Waals surface area contributed by atoms with Crippen LogP contribution in [0.4, 0.5) is 13.2 Å². The van der Waals surface area contributed by atoms with Gasteiger partial charge in [-0.3, -0.25) is 19.1 Å². The molecule has 0 aliphatic carbocycles. The Morgan fingerprint density at radius 3 is 2.57 bits per heavy atom. The van der Waals surface area contributed by atoms with E-state index in [0.717, 1.165) is 24.3 Å². The summed E-state index contributed by atoms with van der Waals surface area (Å²) >= 11 is 0. The van der Waals surface area contributed by atoms with Crippen LogP contribution < -0.4 is 4.74 Å². The number of pyridine rings is 1. The molecule has 2 fully saturated rings. The Labute approximate surface area is 262 Å². The summed E-state index contributed by atoms with van der Waals surface area (Å²) in [6.07, 6.45) is 4.56. The van der Waals surface area contributed by atoms with Crippen LogP contribution in [-0.4, -0.2) is 89.0 Å². The predicted molar refractivity (Wildman–Crippen MR) is 159 cm³/mol. The fourth-order valence-electron chi connectivity index (χ4n) is 6.00. The lowest BCUT2D eigenvalue weighted by atomic mass is 9.96. The highest BCUT2D eigenvalue weighted by molar-refractivity contribution is 5.90. The number of carbonyl (C=O) groups is 2. The third-order valence-electron chi connectivity index (χ3n) is 8.67. The molecule has 12 nitrogen and oxygen atoms in total. The molecule has 1 atom stereocenters. The summed E-state index contributed by atoms with van der Waals surface area (Å²) in [4.78, 5) is 36.2. The van der Waals surface area contributed by atoms with E-state index in [1.165, 1.54) is 19.1 Å². The Morgan fingerprint density at radius 1 is 1.17 bits per heavy atom. The van der Waals surface area contributed by atoms with Gasteiger partial charge in [0.05, 0.1) is 35.1 Å². The van der Waals surface area contributed by atoms with Gasteiger partial charge in [0.2, 0.25) is 11.8 Å². The highest BCUT2D eigenvalue weighted by Crippen LogP contribution is 2.36. The first-order valence-electron chi connectivity index (χ1n) is 14.8. The van der Waals surface area contributed by atoms with Crippen LogP contribution in [-0.2, 0) is 15.2 Å². The molecule has 1 N–H and O–H groups in total. The minimum Gasteiger partial charge on any atom is -0.488 e. The van der Waals surface area contributed by atoms with E-state index in [0.29, 0.717) is 54.8 Å². The summed E-state index contributed by atoms with van der Waals surface area (Å²) in [6.45, 7) is 5.41. The van der Waals surface area contributed by atoms with E-state index in [9.17, 15) is 27.9 Å². The van der Waals surface area contributed by atoms with E-state index in [4.69, 9.17) is 4.74 Å². The standard InChI is InChI=1S/C31H33F3N8O4/c1-4-26(43)40-14-20(15-40)29(44)39-9-7-22(8-10-39)42-18(2)27(37-38-42)19-11-23-28(41(17-36-23)30(33)34)24(12-19)46-16-31(3,45)25-6-5-21(32)13-35-25/h4-6,11-13,17,20,22,30,45H,1,7-10,14-16H2,2-3H3. The number of nitrogens with zero attached hydrogens (tertiary/aromatic N) is 8. The zero-order chi connectivity index (χ0) is 32.7. The highest BCUT2D eigenvalue weighted by atomic mass is 19.3. The molecular weight excluding hydrogens is 605 g/mol. The van der Waals surface area contributed by atoms with Crippen molar-refractivity contribution in [2.24, 2.45) is 5.92 Å². The molecule has 2 aliphatic heterocycles. The normalized spacial score (nSPS) is 17.3. The number of imidazole rings is 1. The van der Waals surface area contributed by atoms with E-state index < -0.39 is 18.0 Å². The predicted octanol–water partition coefficient (Wildman–Crippen LogP) is 3.63. The second kappa shape index (κ2) is 12.2. The first-order valence-corrected chi connectivity index (χ1v) is 14.8. The van der Waals surface area contributed by atoms with E-state index in [-0.39, 0.29) is 52.9 Å². The maximum atomic E-state index is 13.9. The molecule has 3 aromatic heterocycles. The van der Waals surface area contributed by atoms with Gasteiger partial charge in [-0.25, -0.2) is 14.1 Å². The Balaban J connectivity index is 1.20. The maximum Gasteiger partial charge on any atom is 0.320 e. The van der Waals surface area contributed by atoms with Gasteiger partial charge in [0.25, 0.3) is 0 Å². The van der Waals surface area contributed by atoms with Gasteiger partial charge in [-0.15, -0.1) is 5.10 Å². The van der Waals surface area contributed by atoms with Gasteiger partial charge >= 0.3 is 6.55 Å². The van der Waals surface area contributed by atoms with Crippen LogP contribution >= 0.6 is 0 Å². The summed E-state index contributed by atoms with van der Waals surface area (Å²) in [5, 5.41) is 19.8. The molecule has 4 aromatic rings. The molecule has 2 saturated heterocycles. The number of halogens is 3. The lowest BCUT2D eigenvalue weighted by Crippen LogP contribution is -2.57. The van der Waals surface area contributed by atoms with Crippen molar-refractivity contribution in [1.82, 2.24) is 39.3 Å². The second-order valence-corrected chi connectivity index (χ2v) is 11.9. The fraction of sp³-hybridized carbons (Fsp3) is 0.419. The van der Waals surface area contributed by atoms with Crippen LogP contribution in [0.2, 0.25) is 0 Å². The van der Waals surface area contributed by atoms with Crippen molar-refractivity contribution in [3.05, 3.63) is 66.6 Å². The van der Waals surface area contributed by atoms with E-state index in [1.807, 2.05) is 16.5 Å². The van der Waals surface area contributed by atoms with E-state index in [2.05, 4.69) is 26.9 Å². The molecule has 6 rings (SSSR count). The van der Waals surface area contributed by atoms with Crippen LogP contribution in [0.3, 0.4) is 0 Å². The molecular formula is C31H33F3N8O4. The van der Waals surface area contributed by atoms with Crippen molar-refractivity contribution in [2.75, 3.05) is 32.8 Å². The zero-order valence-corrected chi connectivity index (χ0v) is 25.3. The van der Waals surface area contributed by atoms with Gasteiger partial charge in [0.15, 0.2) is 0 Å². The number of fused-ring (bicyclic) bond motifs is 1. The Bertz CT molecular complexity index is 1770. The smallest absolute Gasteiger partial charge is 0.320 e. The number of hydrogen-bond donors (Lipinski definition) is 1. The fourth-order valence-corrected chi connectivity index (χ4v) is 6.00. The number of carbonyl (C=O) groups excluding carboxylic acids is 2. The lowest BCUT2D eigenvalue weighted by Gasteiger charge is -2.41. The molecule has 15 heteroatoms. The number of amides is 2. The monoisotopic (exact) mass is 638 g/mol. The molecule has 2 amide bonds. The van der Waals surface area contributed by atoms with Gasteiger partial charge in [-0.05, 0) is 57.0 Å². The molecule has 0 radical (unpaired) electrons. The number of aromatic nitrogens is 6. The van der Waals surface area contributed by atoms with Gasteiger partial charge in [0, 0.05) is 31.7 Å². The summed E-state index contributed by atoms with van der Waals surface area (Å²) < 4.78 is 49.6. The van der Waals surface area contributed by atoms with Gasteiger partial charge in [-0.2, -0.15) is 8.78 Å². The Kier molecular flexibility index (Phi) is 8.27. The van der Waals surface area contributed by atoms with Crippen LogP contribution in [0, 0.1) is 18.7 Å². The number of ether oxygens (including phenoxy) is 1. The number of hydrogen-bond acceptors (Lipinski definition) is 8. The molecule has 1 aromatic carbocycles. The lowest BCUT2D eigenvalue weighted by molar-refractivity contribution is -0.147. The summed E-state index contributed by atoms with van der Waals surface area (Å²) in [7, 11) is 0. The molecule has 0 spiro atoms. The van der Waals surface area contributed by atoms with Crippen LogP contribution in [0.1, 0.15) is 43.7 Å². The van der Waals surface area contributed by atoms with Gasteiger partial charge in [0.1, 0.15) is 41.3 Å². The number of rotatable bonds is 9. The third kappa shape index (κ3) is 5.82. The van der Waals surface area contributed by atoms with Gasteiger partial charge in [-0.1, -0.05) is 11.8 Å². The average Bonchev–Trinajstić information content (AvgIpc) is 3.63. The third-order valence-corrected chi connectivity index (χ3v) is 8.67. The molecule has 5 heterocycles. The van der Waals surface area contributed by atoms with Crippen molar-refractivity contribution >= 4 is 22.8 Å². The summed E-state index contributed by atoms with van der Waals surface area (Å²) in [5.41, 5.74) is 0.523. The highest BCUT2D eigenvalue weighted by Gasteiger charge is 2.38. The van der Waals surface area contributed by atoms with Gasteiger partial charge < -0.3 is 19.6 Å². The summed E-state index contributed by atoms with van der Waals surface area (Å²) in [6, 6.07) is 5.65. The largest absolute Gasteiger partial charge is 0.488 e. The zero-order valence-electron chi connectivity index (χ0n) is 25.3. The van der Waals surface area contributed by atoms with Crippen molar-refractivity contribution in [2.45, 2.75) is 44.9 Å². The minimum atomic E-state index is -2.89. The molecule has 2 aliphatic rings. The van der Waals surface area contributed by atoms with Crippen molar-refractivity contribution < 1.29 is 32.6 Å². The first-order chi connectivity index (χ1) is 22.0. The van der Waals surface area contributed by atoms with E-state index >= 15 is 0 Å². The molecule has 242 valence electrons. The molecule has 46 heavy (non-hydrogen) atoms. The van der Waals surface area contributed by atoms with Crippen LogP contribution in [0.25, 0.3) is 22.3 Å². The summed E-state index contributed by atoms with van der Waals surface area (Å²) in [5.74, 6) is -0.856. The molecule has 0 saturated carbocycles. The number of alkyl halides is 2. The Morgan fingerprint density at radius 2 is 1.91 bits per heavy atom. The maximum absolute atomic E-state index is 13.9. The van der Waals surface area contributed by atoms with Crippen LogP contribution in [0.5, 0.6) is 5.75 Å². The number of benzene rings is 1. The number of aliphatic hydroxyl groups is 1. The van der Waals surface area contributed by atoms with Crippen molar-refractivity contribution in [3.8, 4) is 17.0 Å². The van der Waals surface area contributed by atoms with Crippen molar-refractivity contribution in [1.29, 1.82) is 0 Å². The number of piperidine rings is 1. The quantitative estimate of drug-likeness (QED) is 0.275. The Hall–Kier alpha value is -4.79. The second-order valence-electron chi connectivity index (χ2n) is 11.9. The topological polar surface area (TPSA) is 132 Å². The minimum absolute atomic E-state index is 0.0127. The number of likely N-dealkylation sites (tertiary alicyclic amines) is 2. The van der Waals surface area contributed by atoms with Crippen molar-refractivity contribution in [3.63, 3.8) is 0 Å². The molecule has 0 bridgehead atoms. The van der Waals surface area contributed by atoms with E-state index in [1.54, 1.807) is 17.0 Å². The average molecular weight is 639 g/mol. The first kappa shape index (κ1) is 31.2. The molecule has 1 unspecified atom stereocenters. The van der Waals surface area contributed by atoms with Crippen LogP contribution in [0.15, 0.2) is 49.4 Å². The SMILES string of the molecule is C=CC(=O)N1CC(C(=O)N2CCC(n3nnc(-c4cc(OCC(C)(O)c5ccc(F)cn5)c5c(c4)ncn5C(F)F)c3C)CC2)C1.